The second kappa shape index (κ2) is 8.72. The van der Waals surface area contributed by atoms with Gasteiger partial charge in [0.1, 0.15) is 5.52 Å². The third-order valence-corrected chi connectivity index (χ3v) is 5.11. The number of carbonyl (C=O) groups is 2. The molecule has 150 valence electrons. The van der Waals surface area contributed by atoms with E-state index in [0.717, 1.165) is 24.0 Å². The van der Waals surface area contributed by atoms with Crippen molar-refractivity contribution >= 4 is 28.7 Å². The van der Waals surface area contributed by atoms with Crippen molar-refractivity contribution in [3.63, 3.8) is 0 Å². The molecule has 0 unspecified atom stereocenters. The van der Waals surface area contributed by atoms with Crippen LogP contribution in [0.5, 0.6) is 0 Å². The van der Waals surface area contributed by atoms with Gasteiger partial charge in [-0.1, -0.05) is 36.3 Å². The highest BCUT2D eigenvalue weighted by atomic mass is 16.2. The molecule has 8 nitrogen and oxygen atoms in total. The van der Waals surface area contributed by atoms with Gasteiger partial charge in [0.05, 0.1) is 12.1 Å². The Morgan fingerprint density at radius 3 is 2.66 bits per heavy atom. The number of aromatic nitrogens is 3. The summed E-state index contributed by atoms with van der Waals surface area (Å²) < 4.78 is 1.72. The lowest BCUT2D eigenvalue weighted by molar-refractivity contribution is 0.0938. The van der Waals surface area contributed by atoms with Crippen LogP contribution in [0.15, 0.2) is 48.5 Å². The number of nitrogens with zero attached hydrogens (tertiary/aromatic N) is 3. The van der Waals surface area contributed by atoms with Crippen molar-refractivity contribution in [3.8, 4) is 0 Å². The fourth-order valence-corrected chi connectivity index (χ4v) is 3.59. The average molecular weight is 392 g/mol. The maximum absolute atomic E-state index is 12.4. The van der Waals surface area contributed by atoms with Gasteiger partial charge in [-0.15, -0.1) is 5.10 Å². The van der Waals surface area contributed by atoms with Gasteiger partial charge in [-0.25, -0.2) is 9.48 Å². The molecule has 0 aliphatic heterocycles. The molecule has 8 heteroatoms. The maximum atomic E-state index is 12.4. The van der Waals surface area contributed by atoms with Crippen LogP contribution in [0.3, 0.4) is 0 Å². The van der Waals surface area contributed by atoms with Gasteiger partial charge >= 0.3 is 6.03 Å². The van der Waals surface area contributed by atoms with Crippen LogP contribution in [0, 0.1) is 0 Å². The smallest absolute Gasteiger partial charge is 0.319 e. The monoisotopic (exact) mass is 392 g/mol. The molecule has 1 aromatic heterocycles. The number of urea groups is 1. The van der Waals surface area contributed by atoms with Crippen molar-refractivity contribution in [1.82, 2.24) is 25.6 Å². The number of amides is 3. The third kappa shape index (κ3) is 4.71. The van der Waals surface area contributed by atoms with Crippen LogP contribution >= 0.6 is 0 Å². The molecule has 0 saturated heterocycles. The van der Waals surface area contributed by atoms with Gasteiger partial charge in [0.2, 0.25) is 0 Å². The quantitative estimate of drug-likeness (QED) is 0.600. The largest absolute Gasteiger partial charge is 0.349 e. The molecule has 1 aliphatic rings. The average Bonchev–Trinajstić information content (AvgIpc) is 3.38. The van der Waals surface area contributed by atoms with Crippen LogP contribution in [0.1, 0.15) is 36.0 Å². The van der Waals surface area contributed by atoms with E-state index in [0.29, 0.717) is 24.2 Å². The summed E-state index contributed by atoms with van der Waals surface area (Å²) in [6.07, 6.45) is 4.45. The number of fused-ring (bicyclic) bond motifs is 1. The molecular formula is C21H24N6O2. The van der Waals surface area contributed by atoms with E-state index in [9.17, 15) is 9.59 Å². The Morgan fingerprint density at radius 1 is 1.07 bits per heavy atom. The zero-order valence-electron chi connectivity index (χ0n) is 16.1. The Labute approximate surface area is 168 Å². The summed E-state index contributed by atoms with van der Waals surface area (Å²) >= 11 is 0. The molecule has 0 atom stereocenters. The van der Waals surface area contributed by atoms with E-state index < -0.39 is 0 Å². The van der Waals surface area contributed by atoms with E-state index in [1.807, 2.05) is 36.4 Å². The van der Waals surface area contributed by atoms with Crippen molar-refractivity contribution in [2.75, 3.05) is 11.9 Å². The van der Waals surface area contributed by atoms with Crippen LogP contribution in [0.25, 0.3) is 11.0 Å². The van der Waals surface area contributed by atoms with Crippen molar-refractivity contribution in [3.05, 3.63) is 54.1 Å². The summed E-state index contributed by atoms with van der Waals surface area (Å²) in [5.74, 6) is -0.0624. The second-order valence-corrected chi connectivity index (χ2v) is 7.22. The van der Waals surface area contributed by atoms with Gasteiger partial charge in [-0.2, -0.15) is 0 Å². The predicted octanol–water partition coefficient (Wildman–Crippen LogP) is 2.93. The first kappa shape index (κ1) is 18.9. The number of hydrogen-bond acceptors (Lipinski definition) is 4. The maximum Gasteiger partial charge on any atom is 0.319 e. The molecular weight excluding hydrogens is 368 g/mol. The summed E-state index contributed by atoms with van der Waals surface area (Å²) in [6, 6.07) is 14.7. The van der Waals surface area contributed by atoms with Crippen molar-refractivity contribution in [1.29, 1.82) is 0 Å². The van der Waals surface area contributed by atoms with Crippen LogP contribution in [0.2, 0.25) is 0 Å². The van der Waals surface area contributed by atoms with E-state index in [2.05, 4.69) is 26.3 Å². The lowest BCUT2D eigenvalue weighted by Gasteiger charge is -2.11. The second-order valence-electron chi connectivity index (χ2n) is 7.22. The molecule has 0 spiro atoms. The standard InChI is InChI=1S/C21H24N6O2/c28-20(23-16-8-4-5-9-16)15-10-11-19-18(14-15)25-26-27(19)13-12-22-21(29)24-17-6-2-1-3-7-17/h1-3,6-7,10-11,14,16H,4-5,8-9,12-13H2,(H,23,28)(H2,22,24,29). The van der Waals surface area contributed by atoms with E-state index >= 15 is 0 Å². The van der Waals surface area contributed by atoms with Gasteiger partial charge in [-0.3, -0.25) is 4.79 Å². The highest BCUT2D eigenvalue weighted by Crippen LogP contribution is 2.19. The number of nitrogens with one attached hydrogen (secondary N) is 3. The molecule has 1 fully saturated rings. The zero-order chi connectivity index (χ0) is 20.1. The zero-order valence-corrected chi connectivity index (χ0v) is 16.1. The molecule has 3 amide bonds. The van der Waals surface area contributed by atoms with Gasteiger partial charge in [0.25, 0.3) is 5.91 Å². The molecule has 1 saturated carbocycles. The lowest BCUT2D eigenvalue weighted by Crippen LogP contribution is -2.32. The van der Waals surface area contributed by atoms with Crippen LogP contribution < -0.4 is 16.0 Å². The minimum Gasteiger partial charge on any atom is -0.349 e. The summed E-state index contributed by atoms with van der Waals surface area (Å²) in [6.45, 7) is 0.882. The number of anilines is 1. The number of carbonyl (C=O) groups excluding carboxylic acids is 2. The van der Waals surface area contributed by atoms with Crippen LogP contribution in [-0.4, -0.2) is 39.5 Å². The van der Waals surface area contributed by atoms with E-state index in [4.69, 9.17) is 0 Å². The Hall–Kier alpha value is -3.42. The molecule has 3 N–H and O–H groups in total. The normalized spacial score (nSPS) is 14.1. The number of para-hydroxylation sites is 1. The van der Waals surface area contributed by atoms with Crippen molar-refractivity contribution < 1.29 is 9.59 Å². The number of rotatable bonds is 6. The molecule has 29 heavy (non-hydrogen) atoms. The first-order valence-corrected chi connectivity index (χ1v) is 9.93. The molecule has 1 heterocycles. The summed E-state index contributed by atoms with van der Waals surface area (Å²) in [5, 5.41) is 17.0. The van der Waals surface area contributed by atoms with Crippen LogP contribution in [-0.2, 0) is 6.54 Å². The van der Waals surface area contributed by atoms with E-state index in [1.165, 1.54) is 12.8 Å². The molecule has 0 bridgehead atoms. The lowest BCUT2D eigenvalue weighted by atomic mass is 10.1. The number of hydrogen-bond donors (Lipinski definition) is 3. The molecule has 1 aliphatic carbocycles. The Morgan fingerprint density at radius 2 is 1.86 bits per heavy atom. The van der Waals surface area contributed by atoms with Crippen LogP contribution in [0.4, 0.5) is 10.5 Å². The predicted molar refractivity (Wildman–Crippen MR) is 111 cm³/mol. The first-order valence-electron chi connectivity index (χ1n) is 9.93. The summed E-state index contributed by atoms with van der Waals surface area (Å²) in [5.41, 5.74) is 2.82. The number of benzene rings is 2. The van der Waals surface area contributed by atoms with Gasteiger partial charge in [0.15, 0.2) is 0 Å². The van der Waals surface area contributed by atoms with Gasteiger partial charge in [-0.05, 0) is 43.2 Å². The molecule has 3 aromatic rings. The fraction of sp³-hybridized carbons (Fsp3) is 0.333. The summed E-state index contributed by atoms with van der Waals surface area (Å²) in [4.78, 5) is 24.4. The Kier molecular flexibility index (Phi) is 5.69. The highest BCUT2D eigenvalue weighted by molar-refractivity contribution is 5.97. The summed E-state index contributed by atoms with van der Waals surface area (Å²) in [7, 11) is 0. The topological polar surface area (TPSA) is 101 Å². The Bertz CT molecular complexity index is 995. The highest BCUT2D eigenvalue weighted by Gasteiger charge is 2.18. The third-order valence-electron chi connectivity index (χ3n) is 5.11. The molecule has 0 radical (unpaired) electrons. The van der Waals surface area contributed by atoms with Crippen molar-refractivity contribution in [2.24, 2.45) is 0 Å². The van der Waals surface area contributed by atoms with E-state index in [1.54, 1.807) is 16.8 Å². The van der Waals surface area contributed by atoms with Gasteiger partial charge < -0.3 is 16.0 Å². The van der Waals surface area contributed by atoms with Crippen molar-refractivity contribution in [2.45, 2.75) is 38.3 Å². The van der Waals surface area contributed by atoms with Gasteiger partial charge in [0, 0.05) is 23.8 Å². The SMILES string of the molecule is O=C(NCCn1nnc2cc(C(=O)NC3CCCC3)ccc21)Nc1ccccc1. The first-order chi connectivity index (χ1) is 14.2. The molecule has 4 rings (SSSR count). The minimum atomic E-state index is -0.272. The fourth-order valence-electron chi connectivity index (χ4n) is 3.59. The Balaban J connectivity index is 1.32. The molecule has 2 aromatic carbocycles. The minimum absolute atomic E-state index is 0.0624. The van der Waals surface area contributed by atoms with E-state index in [-0.39, 0.29) is 18.0 Å².